The number of anilines is 1. The Labute approximate surface area is 115 Å². The minimum atomic E-state index is -0.422. The first-order valence-corrected chi connectivity index (χ1v) is 6.22. The van der Waals surface area contributed by atoms with Crippen molar-refractivity contribution in [2.24, 2.45) is 5.92 Å². The molecule has 96 valence electrons. The molecular weight excluding hydrogens is 274 g/mol. The fraction of sp³-hybridized carbons (Fsp3) is 0.333. The highest BCUT2D eigenvalue weighted by Gasteiger charge is 2.36. The zero-order valence-corrected chi connectivity index (χ0v) is 11.4. The minimum Gasteiger partial charge on any atom is -0.469 e. The van der Waals surface area contributed by atoms with Crippen LogP contribution in [0.5, 0.6) is 0 Å². The number of methoxy groups -OCH3 is 1. The van der Waals surface area contributed by atoms with E-state index in [-0.39, 0.29) is 18.3 Å². The summed E-state index contributed by atoms with van der Waals surface area (Å²) < 4.78 is 4.66. The van der Waals surface area contributed by atoms with Crippen LogP contribution in [0.4, 0.5) is 5.69 Å². The van der Waals surface area contributed by atoms with Gasteiger partial charge in [0, 0.05) is 22.9 Å². The van der Waals surface area contributed by atoms with Gasteiger partial charge in [0.1, 0.15) is 0 Å². The van der Waals surface area contributed by atoms with E-state index in [0.717, 1.165) is 0 Å². The summed E-state index contributed by atoms with van der Waals surface area (Å²) in [5, 5.41) is 0.525. The van der Waals surface area contributed by atoms with E-state index < -0.39 is 5.92 Å². The van der Waals surface area contributed by atoms with Crippen molar-refractivity contribution in [2.45, 2.75) is 11.3 Å². The molecule has 0 saturated carbocycles. The maximum absolute atomic E-state index is 11.9. The number of halogens is 1. The molecule has 0 aromatic heterocycles. The van der Waals surface area contributed by atoms with Gasteiger partial charge in [0.25, 0.3) is 0 Å². The Hall–Kier alpha value is -1.20. The second-order valence-electron chi connectivity index (χ2n) is 4.06. The van der Waals surface area contributed by atoms with Gasteiger partial charge in [0.05, 0.1) is 18.7 Å². The normalized spacial score (nSPS) is 19.2. The van der Waals surface area contributed by atoms with E-state index in [9.17, 15) is 9.59 Å². The van der Waals surface area contributed by atoms with E-state index in [1.165, 1.54) is 12.0 Å². The number of benzene rings is 1. The topological polar surface area (TPSA) is 46.6 Å². The van der Waals surface area contributed by atoms with E-state index >= 15 is 0 Å². The van der Waals surface area contributed by atoms with Crippen LogP contribution in [0.25, 0.3) is 0 Å². The lowest BCUT2D eigenvalue weighted by molar-refractivity contribution is -0.145. The highest BCUT2D eigenvalue weighted by molar-refractivity contribution is 7.80. The fourth-order valence-corrected chi connectivity index (χ4v) is 2.40. The summed E-state index contributed by atoms with van der Waals surface area (Å²) in [6.45, 7) is 0.305. The summed E-state index contributed by atoms with van der Waals surface area (Å²) in [7, 11) is 1.32. The zero-order chi connectivity index (χ0) is 13.3. The fourth-order valence-electron chi connectivity index (χ4n) is 1.98. The number of hydrogen-bond acceptors (Lipinski definition) is 4. The van der Waals surface area contributed by atoms with Crippen molar-refractivity contribution in [3.8, 4) is 0 Å². The van der Waals surface area contributed by atoms with Crippen LogP contribution in [0.15, 0.2) is 23.1 Å². The molecule has 0 bridgehead atoms. The van der Waals surface area contributed by atoms with Crippen LogP contribution in [-0.2, 0) is 14.3 Å². The van der Waals surface area contributed by atoms with Crippen LogP contribution in [0.3, 0.4) is 0 Å². The number of nitrogens with zero attached hydrogens (tertiary/aromatic N) is 1. The summed E-state index contributed by atoms with van der Waals surface area (Å²) >= 11 is 10.2. The lowest BCUT2D eigenvalue weighted by atomic mass is 10.1. The van der Waals surface area contributed by atoms with Crippen LogP contribution in [0.2, 0.25) is 5.02 Å². The van der Waals surface area contributed by atoms with Gasteiger partial charge in [-0.2, -0.15) is 0 Å². The summed E-state index contributed by atoms with van der Waals surface area (Å²) in [5.41, 5.74) is 0.627. The van der Waals surface area contributed by atoms with Crippen molar-refractivity contribution < 1.29 is 14.3 Å². The van der Waals surface area contributed by atoms with Gasteiger partial charge in [-0.15, -0.1) is 12.6 Å². The minimum absolute atomic E-state index is 0.122. The highest BCUT2D eigenvalue weighted by atomic mass is 35.5. The van der Waals surface area contributed by atoms with Gasteiger partial charge in [-0.1, -0.05) is 11.6 Å². The molecule has 18 heavy (non-hydrogen) atoms. The molecule has 6 heteroatoms. The Bertz CT molecular complexity index is 506. The summed E-state index contributed by atoms with van der Waals surface area (Å²) in [6.07, 6.45) is 0.159. The third-order valence-corrected chi connectivity index (χ3v) is 3.50. The maximum atomic E-state index is 11.9. The SMILES string of the molecule is COC(=O)C1CC(=O)N(c2cc(Cl)ccc2S)C1. The Kier molecular flexibility index (Phi) is 3.82. The van der Waals surface area contributed by atoms with Crippen molar-refractivity contribution in [3.63, 3.8) is 0 Å². The molecule has 1 heterocycles. The van der Waals surface area contributed by atoms with Crippen LogP contribution >= 0.6 is 24.2 Å². The predicted molar refractivity (Wildman–Crippen MR) is 71.2 cm³/mol. The molecule has 1 fully saturated rings. The van der Waals surface area contributed by atoms with Gasteiger partial charge in [0.2, 0.25) is 5.91 Å². The monoisotopic (exact) mass is 285 g/mol. The van der Waals surface area contributed by atoms with Crippen molar-refractivity contribution in [1.82, 2.24) is 0 Å². The lowest BCUT2D eigenvalue weighted by Gasteiger charge is -2.18. The molecule has 1 aromatic rings. The molecule has 0 radical (unpaired) electrons. The second-order valence-corrected chi connectivity index (χ2v) is 4.98. The third-order valence-electron chi connectivity index (χ3n) is 2.89. The molecule has 0 spiro atoms. The summed E-state index contributed by atoms with van der Waals surface area (Å²) in [4.78, 5) is 25.5. The van der Waals surface area contributed by atoms with Gasteiger partial charge >= 0.3 is 5.97 Å². The van der Waals surface area contributed by atoms with E-state index in [0.29, 0.717) is 22.2 Å². The van der Waals surface area contributed by atoms with E-state index in [4.69, 9.17) is 11.6 Å². The highest BCUT2D eigenvalue weighted by Crippen LogP contribution is 2.32. The molecule has 1 aromatic carbocycles. The van der Waals surface area contributed by atoms with E-state index in [1.54, 1.807) is 18.2 Å². The first-order valence-electron chi connectivity index (χ1n) is 5.39. The number of rotatable bonds is 2. The molecule has 1 unspecified atom stereocenters. The second kappa shape index (κ2) is 5.20. The number of hydrogen-bond donors (Lipinski definition) is 1. The average molecular weight is 286 g/mol. The van der Waals surface area contributed by atoms with Crippen molar-refractivity contribution in [2.75, 3.05) is 18.6 Å². The Morgan fingerprint density at radius 1 is 1.56 bits per heavy atom. The molecular formula is C12H12ClNO3S. The van der Waals surface area contributed by atoms with Crippen molar-refractivity contribution in [3.05, 3.63) is 23.2 Å². The molecule has 0 N–H and O–H groups in total. The van der Waals surface area contributed by atoms with Crippen LogP contribution in [0.1, 0.15) is 6.42 Å². The van der Waals surface area contributed by atoms with E-state index in [2.05, 4.69) is 17.4 Å². The largest absolute Gasteiger partial charge is 0.469 e. The van der Waals surface area contributed by atoms with Crippen molar-refractivity contribution in [1.29, 1.82) is 0 Å². The zero-order valence-electron chi connectivity index (χ0n) is 9.72. The molecule has 1 amide bonds. The number of thiol groups is 1. The lowest BCUT2D eigenvalue weighted by Crippen LogP contribution is -2.26. The molecule has 2 rings (SSSR count). The molecule has 1 aliphatic heterocycles. The quantitative estimate of drug-likeness (QED) is 0.669. The van der Waals surface area contributed by atoms with E-state index in [1.807, 2.05) is 0 Å². The average Bonchev–Trinajstić information content (AvgIpc) is 2.73. The Balaban J connectivity index is 2.27. The number of esters is 1. The Morgan fingerprint density at radius 3 is 2.94 bits per heavy atom. The summed E-state index contributed by atoms with van der Waals surface area (Å²) in [5.74, 6) is -0.911. The number of ether oxygens (including phenoxy) is 1. The smallest absolute Gasteiger partial charge is 0.311 e. The maximum Gasteiger partial charge on any atom is 0.311 e. The van der Waals surface area contributed by atoms with Crippen LogP contribution in [0, 0.1) is 5.92 Å². The van der Waals surface area contributed by atoms with Crippen molar-refractivity contribution >= 4 is 41.8 Å². The van der Waals surface area contributed by atoms with Gasteiger partial charge in [-0.3, -0.25) is 9.59 Å². The molecule has 1 aliphatic rings. The number of carbonyl (C=O) groups excluding carboxylic acids is 2. The van der Waals surface area contributed by atoms with Crippen LogP contribution < -0.4 is 4.90 Å². The van der Waals surface area contributed by atoms with Gasteiger partial charge in [0.15, 0.2) is 0 Å². The first kappa shape index (κ1) is 13.2. The molecule has 1 atom stereocenters. The molecule has 4 nitrogen and oxygen atoms in total. The van der Waals surface area contributed by atoms with Gasteiger partial charge < -0.3 is 9.64 Å². The molecule has 0 aliphatic carbocycles. The molecule has 1 saturated heterocycles. The van der Waals surface area contributed by atoms with Gasteiger partial charge in [-0.05, 0) is 18.2 Å². The number of amides is 1. The predicted octanol–water partition coefficient (Wildman–Crippen LogP) is 2.15. The van der Waals surface area contributed by atoms with Gasteiger partial charge in [-0.25, -0.2) is 0 Å². The number of carbonyl (C=O) groups is 2. The Morgan fingerprint density at radius 2 is 2.28 bits per heavy atom. The van der Waals surface area contributed by atoms with Crippen LogP contribution in [-0.4, -0.2) is 25.5 Å². The first-order chi connectivity index (χ1) is 8.52. The standard InChI is InChI=1S/C12H12ClNO3S/c1-17-12(16)7-4-11(15)14(6-7)9-5-8(13)2-3-10(9)18/h2-3,5,7,18H,4,6H2,1H3. The third kappa shape index (κ3) is 2.47. The summed E-state index contributed by atoms with van der Waals surface area (Å²) in [6, 6.07) is 5.09.